The number of carbonyl (C=O) groups is 1. The van der Waals surface area contributed by atoms with Crippen LogP contribution in [0.2, 0.25) is 0 Å². The van der Waals surface area contributed by atoms with Crippen LogP contribution in [0.3, 0.4) is 0 Å². The van der Waals surface area contributed by atoms with Gasteiger partial charge < -0.3 is 11.1 Å². The summed E-state index contributed by atoms with van der Waals surface area (Å²) in [5.41, 5.74) is 7.36. The van der Waals surface area contributed by atoms with Crippen LogP contribution in [-0.2, 0) is 4.79 Å². The molecule has 1 aromatic rings. The molecule has 1 amide bonds. The van der Waals surface area contributed by atoms with Crippen molar-refractivity contribution >= 4 is 17.7 Å². The molecule has 0 heterocycles. The fourth-order valence-electron chi connectivity index (χ4n) is 1.19. The van der Waals surface area contributed by atoms with E-state index in [1.54, 1.807) is 6.08 Å². The lowest BCUT2D eigenvalue weighted by atomic mass is 9.97. The Morgan fingerprint density at radius 2 is 1.88 bits per heavy atom. The van der Waals surface area contributed by atoms with Gasteiger partial charge in [-0.1, -0.05) is 32.9 Å². The van der Waals surface area contributed by atoms with Gasteiger partial charge >= 0.3 is 0 Å². The molecule has 0 unspecified atom stereocenters. The molecule has 0 aliphatic carbocycles. The molecule has 3 nitrogen and oxygen atoms in total. The molecule has 0 radical (unpaired) electrons. The molecule has 0 aliphatic rings. The van der Waals surface area contributed by atoms with Gasteiger partial charge in [-0.2, -0.15) is 0 Å². The molecule has 3 heteroatoms. The van der Waals surface area contributed by atoms with Crippen LogP contribution in [0, 0.1) is 5.41 Å². The van der Waals surface area contributed by atoms with Gasteiger partial charge in [0.2, 0.25) is 5.91 Å². The van der Waals surface area contributed by atoms with Crippen molar-refractivity contribution in [2.45, 2.75) is 20.8 Å². The molecular weight excluding hydrogens is 212 g/mol. The number of hydrogen-bond donors (Lipinski definition) is 2. The molecule has 0 aromatic heterocycles. The maximum atomic E-state index is 11.5. The van der Waals surface area contributed by atoms with Crippen molar-refractivity contribution < 1.29 is 4.79 Å². The van der Waals surface area contributed by atoms with Crippen LogP contribution < -0.4 is 11.1 Å². The van der Waals surface area contributed by atoms with E-state index in [4.69, 9.17) is 5.73 Å². The van der Waals surface area contributed by atoms with Crippen LogP contribution >= 0.6 is 0 Å². The lowest BCUT2D eigenvalue weighted by molar-refractivity contribution is -0.116. The number of carbonyl (C=O) groups excluding carboxylic acids is 1. The predicted octanol–water partition coefficient (Wildman–Crippen LogP) is 2.44. The second-order valence-corrected chi connectivity index (χ2v) is 5.28. The molecule has 1 aromatic carbocycles. The summed E-state index contributed by atoms with van der Waals surface area (Å²) in [6.07, 6.45) is 3.31. The number of nitrogens with two attached hydrogens (primary N) is 1. The van der Waals surface area contributed by atoms with Crippen molar-refractivity contribution in [3.8, 4) is 0 Å². The van der Waals surface area contributed by atoms with E-state index in [0.717, 1.165) is 11.3 Å². The van der Waals surface area contributed by atoms with E-state index in [2.05, 4.69) is 26.1 Å². The lowest BCUT2D eigenvalue weighted by Gasteiger charge is -2.17. The van der Waals surface area contributed by atoms with E-state index in [9.17, 15) is 4.79 Å². The summed E-state index contributed by atoms with van der Waals surface area (Å²) in [5.74, 6) is -0.0725. The first-order valence-corrected chi connectivity index (χ1v) is 5.68. The zero-order valence-corrected chi connectivity index (χ0v) is 10.7. The van der Waals surface area contributed by atoms with Gasteiger partial charge in [-0.3, -0.25) is 4.79 Å². The summed E-state index contributed by atoms with van der Waals surface area (Å²) in [4.78, 5) is 11.5. The molecule has 0 aliphatic heterocycles. The van der Waals surface area contributed by atoms with E-state index in [1.165, 1.54) is 6.08 Å². The van der Waals surface area contributed by atoms with Crippen molar-refractivity contribution in [1.29, 1.82) is 0 Å². The minimum Gasteiger partial charge on any atom is -0.399 e. The number of anilines is 1. The SMILES string of the molecule is CC(C)(C)CNC(=O)/C=C/c1ccc(N)cc1. The molecular formula is C14H20N2O. The van der Waals surface area contributed by atoms with Crippen molar-refractivity contribution in [3.63, 3.8) is 0 Å². The Kier molecular flexibility index (Phi) is 4.32. The predicted molar refractivity (Wildman–Crippen MR) is 72.4 cm³/mol. The Bertz CT molecular complexity index is 399. The minimum absolute atomic E-state index is 0.0725. The second kappa shape index (κ2) is 5.53. The van der Waals surface area contributed by atoms with Gasteiger partial charge in [-0.25, -0.2) is 0 Å². The van der Waals surface area contributed by atoms with Gasteiger partial charge in [-0.05, 0) is 29.2 Å². The highest BCUT2D eigenvalue weighted by molar-refractivity contribution is 5.91. The summed E-state index contributed by atoms with van der Waals surface area (Å²) in [6, 6.07) is 7.38. The standard InChI is InChI=1S/C14H20N2O/c1-14(2,3)10-16-13(17)9-6-11-4-7-12(15)8-5-11/h4-9H,10,15H2,1-3H3,(H,16,17)/b9-6+. The summed E-state index contributed by atoms with van der Waals surface area (Å²) >= 11 is 0. The Balaban J connectivity index is 2.48. The largest absolute Gasteiger partial charge is 0.399 e. The Morgan fingerprint density at radius 1 is 1.29 bits per heavy atom. The van der Waals surface area contributed by atoms with Gasteiger partial charge in [0.05, 0.1) is 0 Å². The van der Waals surface area contributed by atoms with Gasteiger partial charge in [0.25, 0.3) is 0 Å². The Labute approximate surface area is 103 Å². The minimum atomic E-state index is -0.0725. The molecule has 0 atom stereocenters. The van der Waals surface area contributed by atoms with Gasteiger partial charge in [0.1, 0.15) is 0 Å². The number of benzene rings is 1. The fraction of sp³-hybridized carbons (Fsp3) is 0.357. The molecule has 3 N–H and O–H groups in total. The smallest absolute Gasteiger partial charge is 0.244 e. The van der Waals surface area contributed by atoms with Crippen molar-refractivity contribution in [2.24, 2.45) is 5.41 Å². The van der Waals surface area contributed by atoms with E-state index in [0.29, 0.717) is 6.54 Å². The molecule has 0 spiro atoms. The average molecular weight is 232 g/mol. The molecule has 0 fully saturated rings. The zero-order chi connectivity index (χ0) is 12.9. The highest BCUT2D eigenvalue weighted by atomic mass is 16.1. The first kappa shape index (κ1) is 13.3. The monoisotopic (exact) mass is 232 g/mol. The average Bonchev–Trinajstić information content (AvgIpc) is 2.25. The van der Waals surface area contributed by atoms with Gasteiger partial charge in [0.15, 0.2) is 0 Å². The third-order valence-electron chi connectivity index (χ3n) is 2.16. The lowest BCUT2D eigenvalue weighted by Crippen LogP contribution is -2.30. The summed E-state index contributed by atoms with van der Waals surface area (Å²) < 4.78 is 0. The summed E-state index contributed by atoms with van der Waals surface area (Å²) in [5, 5.41) is 2.85. The number of amides is 1. The number of hydrogen-bond acceptors (Lipinski definition) is 2. The zero-order valence-electron chi connectivity index (χ0n) is 10.7. The van der Waals surface area contributed by atoms with Gasteiger partial charge in [0, 0.05) is 18.3 Å². The van der Waals surface area contributed by atoms with E-state index >= 15 is 0 Å². The number of nitrogen functional groups attached to an aromatic ring is 1. The third kappa shape index (κ3) is 5.76. The van der Waals surface area contributed by atoms with E-state index in [-0.39, 0.29) is 11.3 Å². The first-order chi connectivity index (χ1) is 7.87. The Morgan fingerprint density at radius 3 is 2.41 bits per heavy atom. The van der Waals surface area contributed by atoms with Crippen molar-refractivity contribution in [3.05, 3.63) is 35.9 Å². The highest BCUT2D eigenvalue weighted by Gasteiger charge is 2.10. The second-order valence-electron chi connectivity index (χ2n) is 5.28. The quantitative estimate of drug-likeness (QED) is 0.621. The van der Waals surface area contributed by atoms with E-state index < -0.39 is 0 Å². The maximum Gasteiger partial charge on any atom is 0.244 e. The summed E-state index contributed by atoms with van der Waals surface area (Å²) in [7, 11) is 0. The van der Waals surface area contributed by atoms with Crippen LogP contribution in [0.15, 0.2) is 30.3 Å². The van der Waals surface area contributed by atoms with Crippen LogP contribution in [0.1, 0.15) is 26.3 Å². The highest BCUT2D eigenvalue weighted by Crippen LogP contribution is 2.10. The Hall–Kier alpha value is -1.77. The van der Waals surface area contributed by atoms with Crippen LogP contribution in [0.4, 0.5) is 5.69 Å². The molecule has 1 rings (SSSR count). The maximum absolute atomic E-state index is 11.5. The number of rotatable bonds is 3. The summed E-state index contributed by atoms with van der Waals surface area (Å²) in [6.45, 7) is 6.91. The van der Waals surface area contributed by atoms with Crippen molar-refractivity contribution in [1.82, 2.24) is 5.32 Å². The van der Waals surface area contributed by atoms with Crippen LogP contribution in [-0.4, -0.2) is 12.5 Å². The first-order valence-electron chi connectivity index (χ1n) is 5.68. The molecule has 17 heavy (non-hydrogen) atoms. The third-order valence-corrected chi connectivity index (χ3v) is 2.16. The normalized spacial score (nSPS) is 11.7. The van der Waals surface area contributed by atoms with E-state index in [1.807, 2.05) is 24.3 Å². The molecule has 0 saturated heterocycles. The number of nitrogens with one attached hydrogen (secondary N) is 1. The van der Waals surface area contributed by atoms with Crippen LogP contribution in [0.5, 0.6) is 0 Å². The van der Waals surface area contributed by atoms with Gasteiger partial charge in [-0.15, -0.1) is 0 Å². The topological polar surface area (TPSA) is 55.1 Å². The molecule has 92 valence electrons. The molecule has 0 saturated carbocycles. The molecule has 0 bridgehead atoms. The fourth-order valence-corrected chi connectivity index (χ4v) is 1.19. The van der Waals surface area contributed by atoms with Crippen LogP contribution in [0.25, 0.3) is 6.08 Å². The van der Waals surface area contributed by atoms with Crippen molar-refractivity contribution in [2.75, 3.05) is 12.3 Å².